The Hall–Kier alpha value is -1.09. The van der Waals surface area contributed by atoms with E-state index in [1.54, 1.807) is 0 Å². The predicted molar refractivity (Wildman–Crippen MR) is 95.5 cm³/mol. The summed E-state index contributed by atoms with van der Waals surface area (Å²) in [6, 6.07) is 0. The lowest BCUT2D eigenvalue weighted by Crippen LogP contribution is -2.49. The molecule has 0 spiro atoms. The molecule has 0 N–H and O–H groups in total. The van der Waals surface area contributed by atoms with Crippen molar-refractivity contribution in [2.75, 3.05) is 13.7 Å². The smallest absolute Gasteiger partial charge is 0.336 e. The van der Waals surface area contributed by atoms with Crippen LogP contribution in [0.4, 0.5) is 0 Å². The molecule has 2 aliphatic carbocycles. The second kappa shape index (κ2) is 6.33. The number of esters is 1. The highest BCUT2D eigenvalue weighted by atomic mass is 16.6. The van der Waals surface area contributed by atoms with Crippen LogP contribution in [0, 0.1) is 22.7 Å². The number of epoxide rings is 1. The number of carbonyl (C=O) groups excluding carboxylic acids is 1. The zero-order valence-electron chi connectivity index (χ0n) is 15.7. The lowest BCUT2D eigenvalue weighted by molar-refractivity contribution is -0.136. The molecular formula is C21H32O3. The summed E-state index contributed by atoms with van der Waals surface area (Å²) in [5.74, 6) is 0.945. The van der Waals surface area contributed by atoms with Crippen LogP contribution in [0.5, 0.6) is 0 Å². The highest BCUT2D eigenvalue weighted by Crippen LogP contribution is 2.61. The van der Waals surface area contributed by atoms with Gasteiger partial charge in [0.1, 0.15) is 6.10 Å². The van der Waals surface area contributed by atoms with Gasteiger partial charge in [0.05, 0.1) is 19.3 Å². The summed E-state index contributed by atoms with van der Waals surface area (Å²) in [6.45, 7) is 12.4. The number of fused-ring (bicyclic) bond motifs is 1. The van der Waals surface area contributed by atoms with E-state index in [1.165, 1.54) is 38.4 Å². The Bertz CT molecular complexity index is 555. The van der Waals surface area contributed by atoms with E-state index in [9.17, 15) is 4.79 Å². The van der Waals surface area contributed by atoms with Crippen molar-refractivity contribution >= 4 is 5.97 Å². The molecule has 3 heteroatoms. The van der Waals surface area contributed by atoms with Gasteiger partial charge in [-0.25, -0.2) is 4.79 Å². The minimum absolute atomic E-state index is 0.0549. The normalized spacial score (nSPS) is 38.4. The van der Waals surface area contributed by atoms with Gasteiger partial charge in [-0.3, -0.25) is 0 Å². The Morgan fingerprint density at radius 2 is 2.08 bits per heavy atom. The summed E-state index contributed by atoms with van der Waals surface area (Å²) >= 11 is 0. The quantitative estimate of drug-likeness (QED) is 0.325. The number of carbonyl (C=O) groups is 1. The van der Waals surface area contributed by atoms with Gasteiger partial charge in [-0.05, 0) is 54.8 Å². The zero-order chi connectivity index (χ0) is 17.5. The fourth-order valence-electron chi connectivity index (χ4n) is 5.65. The molecule has 0 aromatic heterocycles. The third-order valence-corrected chi connectivity index (χ3v) is 6.99. The van der Waals surface area contributed by atoms with Crippen LogP contribution in [0.3, 0.4) is 0 Å². The largest absolute Gasteiger partial charge is 0.466 e. The molecule has 4 atom stereocenters. The van der Waals surface area contributed by atoms with Crippen LogP contribution < -0.4 is 0 Å². The van der Waals surface area contributed by atoms with E-state index >= 15 is 0 Å². The first-order valence-electron chi connectivity index (χ1n) is 9.37. The van der Waals surface area contributed by atoms with Gasteiger partial charge >= 0.3 is 5.97 Å². The van der Waals surface area contributed by atoms with Crippen LogP contribution in [0.15, 0.2) is 23.8 Å². The average molecular weight is 332 g/mol. The van der Waals surface area contributed by atoms with Crippen molar-refractivity contribution in [3.05, 3.63) is 23.8 Å². The first-order chi connectivity index (χ1) is 11.3. The van der Waals surface area contributed by atoms with Crippen molar-refractivity contribution in [2.45, 2.75) is 65.4 Å². The van der Waals surface area contributed by atoms with E-state index in [2.05, 4.69) is 33.4 Å². The van der Waals surface area contributed by atoms with Gasteiger partial charge in [-0.2, -0.15) is 0 Å². The molecule has 0 unspecified atom stereocenters. The van der Waals surface area contributed by atoms with E-state index in [-0.39, 0.29) is 12.1 Å². The SMILES string of the molecule is C=C1CC[C@H]2C(C)(C)CCC[C@]2(C)[C@H]1C/C=C(/C(=O)OC)[C@H]1CO1. The minimum atomic E-state index is -0.246. The van der Waals surface area contributed by atoms with Crippen LogP contribution in [0.2, 0.25) is 0 Å². The van der Waals surface area contributed by atoms with Crippen LogP contribution in [0.1, 0.15) is 59.3 Å². The standard InChI is InChI=1S/C21H32O3/c1-14-7-10-18-20(2,3)11-6-12-21(18,4)16(14)9-8-15(17-13-24-17)19(22)23-5/h8,16-18H,1,6-7,9-13H2,2-5H3/b15-8+/t16-,17+,18-,21+/m0/s1. The van der Waals surface area contributed by atoms with Crippen LogP contribution in [-0.4, -0.2) is 25.8 Å². The Morgan fingerprint density at radius 3 is 2.71 bits per heavy atom. The molecule has 0 amide bonds. The molecule has 3 fully saturated rings. The van der Waals surface area contributed by atoms with E-state index < -0.39 is 0 Å². The van der Waals surface area contributed by atoms with Crippen molar-refractivity contribution in [2.24, 2.45) is 22.7 Å². The van der Waals surface area contributed by atoms with Crippen LogP contribution >= 0.6 is 0 Å². The fraction of sp³-hybridized carbons (Fsp3) is 0.762. The van der Waals surface area contributed by atoms with Crippen molar-refractivity contribution < 1.29 is 14.3 Å². The number of rotatable bonds is 4. The maximum absolute atomic E-state index is 12.0. The monoisotopic (exact) mass is 332 g/mol. The molecule has 1 heterocycles. The van der Waals surface area contributed by atoms with Gasteiger partial charge in [0, 0.05) is 0 Å². The van der Waals surface area contributed by atoms with Gasteiger partial charge in [0.15, 0.2) is 0 Å². The molecule has 134 valence electrons. The predicted octanol–water partition coefficient (Wildman–Crippen LogP) is 4.67. The Kier molecular flexibility index (Phi) is 4.67. The summed E-state index contributed by atoms with van der Waals surface area (Å²) in [7, 11) is 1.44. The van der Waals surface area contributed by atoms with E-state index in [1.807, 2.05) is 0 Å². The Balaban J connectivity index is 1.84. The number of hydrogen-bond donors (Lipinski definition) is 0. The van der Waals surface area contributed by atoms with E-state index in [0.29, 0.717) is 28.9 Å². The average Bonchev–Trinajstić information content (AvgIpc) is 3.33. The van der Waals surface area contributed by atoms with Gasteiger partial charge < -0.3 is 9.47 Å². The molecule has 3 nitrogen and oxygen atoms in total. The molecule has 24 heavy (non-hydrogen) atoms. The van der Waals surface area contributed by atoms with Gasteiger partial charge in [-0.1, -0.05) is 45.4 Å². The summed E-state index contributed by atoms with van der Waals surface area (Å²) in [6.07, 6.45) is 9.18. The molecule has 0 aromatic carbocycles. The number of ether oxygens (including phenoxy) is 2. The van der Waals surface area contributed by atoms with Crippen molar-refractivity contribution in [3.63, 3.8) is 0 Å². The topological polar surface area (TPSA) is 38.8 Å². The third-order valence-electron chi connectivity index (χ3n) is 6.99. The zero-order valence-corrected chi connectivity index (χ0v) is 15.7. The molecule has 0 radical (unpaired) electrons. The molecule has 1 saturated heterocycles. The Morgan fingerprint density at radius 1 is 1.38 bits per heavy atom. The Labute approximate surface area is 146 Å². The van der Waals surface area contributed by atoms with Crippen molar-refractivity contribution in [1.82, 2.24) is 0 Å². The summed E-state index contributed by atoms with van der Waals surface area (Å²) in [5, 5.41) is 0. The fourth-order valence-corrected chi connectivity index (χ4v) is 5.65. The number of allylic oxidation sites excluding steroid dienone is 2. The molecule has 0 bridgehead atoms. The molecular weight excluding hydrogens is 300 g/mol. The third kappa shape index (κ3) is 3.08. The molecule has 2 saturated carbocycles. The van der Waals surface area contributed by atoms with E-state index in [4.69, 9.17) is 9.47 Å². The number of hydrogen-bond acceptors (Lipinski definition) is 3. The summed E-state index contributed by atoms with van der Waals surface area (Å²) in [5.41, 5.74) is 2.76. The second-order valence-electron chi connectivity index (χ2n) is 8.86. The van der Waals surface area contributed by atoms with Gasteiger partial charge in [-0.15, -0.1) is 0 Å². The minimum Gasteiger partial charge on any atom is -0.466 e. The molecule has 3 rings (SSSR count). The van der Waals surface area contributed by atoms with Gasteiger partial charge in [0.2, 0.25) is 0 Å². The first-order valence-corrected chi connectivity index (χ1v) is 9.37. The lowest BCUT2D eigenvalue weighted by Gasteiger charge is -2.58. The highest BCUT2D eigenvalue weighted by Gasteiger charge is 2.52. The van der Waals surface area contributed by atoms with E-state index in [0.717, 1.165) is 18.8 Å². The van der Waals surface area contributed by atoms with Crippen LogP contribution in [-0.2, 0) is 14.3 Å². The van der Waals surface area contributed by atoms with Crippen LogP contribution in [0.25, 0.3) is 0 Å². The second-order valence-corrected chi connectivity index (χ2v) is 8.86. The van der Waals surface area contributed by atoms with Crippen molar-refractivity contribution in [1.29, 1.82) is 0 Å². The molecule has 3 aliphatic rings. The summed E-state index contributed by atoms with van der Waals surface area (Å²) in [4.78, 5) is 12.0. The maximum Gasteiger partial charge on any atom is 0.336 e. The highest BCUT2D eigenvalue weighted by molar-refractivity contribution is 5.90. The van der Waals surface area contributed by atoms with Crippen molar-refractivity contribution in [3.8, 4) is 0 Å². The number of methoxy groups -OCH3 is 1. The molecule has 1 aliphatic heterocycles. The maximum atomic E-state index is 12.0. The lowest BCUT2D eigenvalue weighted by atomic mass is 9.47. The molecule has 0 aromatic rings. The van der Waals surface area contributed by atoms with Gasteiger partial charge in [0.25, 0.3) is 0 Å². The summed E-state index contributed by atoms with van der Waals surface area (Å²) < 4.78 is 10.3. The first kappa shape index (κ1) is 17.7.